The molecule has 0 unspecified atom stereocenters. The summed E-state index contributed by atoms with van der Waals surface area (Å²) in [6.07, 6.45) is 2.81. The first kappa shape index (κ1) is 19.3. The molecule has 2 aromatic heterocycles. The van der Waals surface area contributed by atoms with Gasteiger partial charge in [-0.25, -0.2) is 0 Å². The van der Waals surface area contributed by atoms with Crippen LogP contribution in [0.1, 0.15) is 52.8 Å². The SMILES string of the molecule is Cc1cc(NC(=O)c2cncc(C(=O)Nc3ccccc3C(C)(C)C)c2)no1. The average molecular weight is 378 g/mol. The van der Waals surface area contributed by atoms with E-state index in [-0.39, 0.29) is 22.4 Å². The zero-order valence-electron chi connectivity index (χ0n) is 16.2. The molecule has 0 spiro atoms. The van der Waals surface area contributed by atoms with Crippen molar-refractivity contribution in [3.8, 4) is 0 Å². The second-order valence-electron chi connectivity index (χ2n) is 7.49. The van der Waals surface area contributed by atoms with Gasteiger partial charge in [-0.3, -0.25) is 14.6 Å². The van der Waals surface area contributed by atoms with Crippen LogP contribution in [0.4, 0.5) is 11.5 Å². The third-order valence-electron chi connectivity index (χ3n) is 4.12. The van der Waals surface area contributed by atoms with Crippen LogP contribution >= 0.6 is 0 Å². The predicted molar refractivity (Wildman–Crippen MR) is 107 cm³/mol. The van der Waals surface area contributed by atoms with Gasteiger partial charge in [0.05, 0.1) is 11.1 Å². The van der Waals surface area contributed by atoms with E-state index in [9.17, 15) is 9.59 Å². The van der Waals surface area contributed by atoms with E-state index in [0.717, 1.165) is 11.3 Å². The van der Waals surface area contributed by atoms with Crippen LogP contribution in [0.3, 0.4) is 0 Å². The summed E-state index contributed by atoms with van der Waals surface area (Å²) in [6, 6.07) is 10.7. The summed E-state index contributed by atoms with van der Waals surface area (Å²) in [7, 11) is 0. The lowest BCUT2D eigenvalue weighted by Gasteiger charge is -2.23. The number of hydrogen-bond donors (Lipinski definition) is 2. The van der Waals surface area contributed by atoms with Gasteiger partial charge in [-0.15, -0.1) is 0 Å². The van der Waals surface area contributed by atoms with Gasteiger partial charge >= 0.3 is 0 Å². The van der Waals surface area contributed by atoms with Gasteiger partial charge in [-0.2, -0.15) is 0 Å². The van der Waals surface area contributed by atoms with Crippen LogP contribution in [-0.4, -0.2) is 22.0 Å². The molecule has 28 heavy (non-hydrogen) atoms. The van der Waals surface area contributed by atoms with Crippen LogP contribution in [0.5, 0.6) is 0 Å². The van der Waals surface area contributed by atoms with Crippen molar-refractivity contribution in [2.24, 2.45) is 0 Å². The molecule has 0 saturated heterocycles. The zero-order valence-corrected chi connectivity index (χ0v) is 16.2. The van der Waals surface area contributed by atoms with Gasteiger partial charge < -0.3 is 15.2 Å². The van der Waals surface area contributed by atoms with Gasteiger partial charge in [0, 0.05) is 24.1 Å². The number of hydrogen-bond acceptors (Lipinski definition) is 5. The minimum Gasteiger partial charge on any atom is -0.360 e. The quantitative estimate of drug-likeness (QED) is 0.710. The van der Waals surface area contributed by atoms with Crippen molar-refractivity contribution in [2.45, 2.75) is 33.1 Å². The molecule has 0 aliphatic heterocycles. The Balaban J connectivity index is 1.79. The molecule has 3 rings (SSSR count). The molecule has 2 heterocycles. The summed E-state index contributed by atoms with van der Waals surface area (Å²) >= 11 is 0. The van der Waals surface area contributed by atoms with E-state index in [4.69, 9.17) is 4.52 Å². The number of anilines is 2. The Hall–Kier alpha value is -3.48. The van der Waals surface area contributed by atoms with Crippen molar-refractivity contribution in [1.29, 1.82) is 0 Å². The number of benzene rings is 1. The van der Waals surface area contributed by atoms with E-state index in [0.29, 0.717) is 11.6 Å². The van der Waals surface area contributed by atoms with Crippen LogP contribution < -0.4 is 10.6 Å². The summed E-state index contributed by atoms with van der Waals surface area (Å²) in [4.78, 5) is 29.1. The minimum atomic E-state index is -0.425. The Morgan fingerprint density at radius 1 is 0.964 bits per heavy atom. The number of nitrogens with one attached hydrogen (secondary N) is 2. The molecule has 144 valence electrons. The molecule has 0 atom stereocenters. The molecule has 0 fully saturated rings. The molecule has 0 aliphatic rings. The van der Waals surface area contributed by atoms with E-state index < -0.39 is 5.91 Å². The molecular formula is C21H22N4O3. The summed E-state index contributed by atoms with van der Waals surface area (Å²) in [5, 5.41) is 9.24. The lowest BCUT2D eigenvalue weighted by Crippen LogP contribution is -2.19. The van der Waals surface area contributed by atoms with Gasteiger partial charge in [0.25, 0.3) is 11.8 Å². The van der Waals surface area contributed by atoms with Gasteiger partial charge in [0.1, 0.15) is 5.76 Å². The van der Waals surface area contributed by atoms with Crippen LogP contribution in [-0.2, 0) is 5.41 Å². The Morgan fingerprint density at radius 2 is 1.61 bits per heavy atom. The first-order valence-corrected chi connectivity index (χ1v) is 8.84. The smallest absolute Gasteiger partial charge is 0.258 e. The number of para-hydroxylation sites is 1. The molecule has 0 bridgehead atoms. The molecule has 2 amide bonds. The van der Waals surface area contributed by atoms with Gasteiger partial charge in [-0.1, -0.05) is 44.1 Å². The van der Waals surface area contributed by atoms with E-state index in [1.54, 1.807) is 13.0 Å². The van der Waals surface area contributed by atoms with E-state index in [1.807, 2.05) is 24.3 Å². The number of pyridine rings is 1. The lowest BCUT2D eigenvalue weighted by atomic mass is 9.86. The second kappa shape index (κ2) is 7.64. The van der Waals surface area contributed by atoms with Crippen molar-refractivity contribution in [2.75, 3.05) is 10.6 Å². The molecule has 7 nitrogen and oxygen atoms in total. The molecule has 0 saturated carbocycles. The van der Waals surface area contributed by atoms with E-state index >= 15 is 0 Å². The molecule has 0 aliphatic carbocycles. The fourth-order valence-corrected chi connectivity index (χ4v) is 2.74. The summed E-state index contributed by atoms with van der Waals surface area (Å²) in [5.41, 5.74) is 2.16. The Labute approximate surface area is 163 Å². The molecule has 2 N–H and O–H groups in total. The molecule has 1 aromatic carbocycles. The van der Waals surface area contributed by atoms with Crippen LogP contribution in [0, 0.1) is 6.92 Å². The largest absolute Gasteiger partial charge is 0.360 e. The van der Waals surface area contributed by atoms with Crippen LogP contribution in [0.2, 0.25) is 0 Å². The topological polar surface area (TPSA) is 97.1 Å². The average Bonchev–Trinajstić information content (AvgIpc) is 3.06. The van der Waals surface area contributed by atoms with Crippen LogP contribution in [0.15, 0.2) is 53.3 Å². The number of amides is 2. The maximum Gasteiger partial charge on any atom is 0.258 e. The third kappa shape index (κ3) is 4.43. The molecule has 0 radical (unpaired) electrons. The van der Waals surface area contributed by atoms with Gasteiger partial charge in [0.2, 0.25) is 0 Å². The summed E-state index contributed by atoms with van der Waals surface area (Å²) in [5.74, 6) is 0.122. The highest BCUT2D eigenvalue weighted by Crippen LogP contribution is 2.29. The number of aromatic nitrogens is 2. The Bertz CT molecular complexity index is 1020. The first-order valence-electron chi connectivity index (χ1n) is 8.84. The number of carbonyl (C=O) groups excluding carboxylic acids is 2. The van der Waals surface area contributed by atoms with Crippen molar-refractivity contribution in [1.82, 2.24) is 10.1 Å². The number of aryl methyl sites for hydroxylation is 1. The standard InChI is InChI=1S/C21H22N4O3/c1-13-9-18(25-28-13)24-20(27)15-10-14(11-22-12-15)19(26)23-17-8-6-5-7-16(17)21(2,3)4/h5-12H,1-4H3,(H,23,26)(H,24,25,27). The Kier molecular flexibility index (Phi) is 5.26. The second-order valence-corrected chi connectivity index (χ2v) is 7.49. The fraction of sp³-hybridized carbons (Fsp3) is 0.238. The minimum absolute atomic E-state index is 0.125. The predicted octanol–water partition coefficient (Wildman–Crippen LogP) is 4.18. The van der Waals surface area contributed by atoms with Crippen molar-refractivity contribution in [3.05, 3.63) is 71.2 Å². The maximum atomic E-state index is 12.7. The highest BCUT2D eigenvalue weighted by atomic mass is 16.5. The number of nitrogens with zero attached hydrogens (tertiary/aromatic N) is 2. The maximum absolute atomic E-state index is 12.7. The Morgan fingerprint density at radius 3 is 2.21 bits per heavy atom. The molecule has 7 heteroatoms. The lowest BCUT2D eigenvalue weighted by molar-refractivity contribution is 0.102. The third-order valence-corrected chi connectivity index (χ3v) is 4.12. The van der Waals surface area contributed by atoms with Gasteiger partial charge in [-0.05, 0) is 30.0 Å². The highest BCUT2D eigenvalue weighted by molar-refractivity contribution is 6.08. The van der Waals surface area contributed by atoms with Crippen molar-refractivity contribution >= 4 is 23.3 Å². The fourth-order valence-electron chi connectivity index (χ4n) is 2.74. The summed E-state index contributed by atoms with van der Waals surface area (Å²) in [6.45, 7) is 7.97. The molecule has 3 aromatic rings. The van der Waals surface area contributed by atoms with Crippen molar-refractivity contribution < 1.29 is 14.1 Å². The highest BCUT2D eigenvalue weighted by Gasteiger charge is 2.19. The normalized spacial score (nSPS) is 11.1. The van der Waals surface area contributed by atoms with E-state index in [2.05, 4.69) is 41.5 Å². The van der Waals surface area contributed by atoms with Gasteiger partial charge in [0.15, 0.2) is 5.82 Å². The van der Waals surface area contributed by atoms with E-state index in [1.165, 1.54) is 18.5 Å². The molecular weight excluding hydrogens is 356 g/mol. The van der Waals surface area contributed by atoms with Crippen LogP contribution in [0.25, 0.3) is 0 Å². The number of carbonyl (C=O) groups is 2. The monoisotopic (exact) mass is 378 g/mol. The van der Waals surface area contributed by atoms with Crippen molar-refractivity contribution in [3.63, 3.8) is 0 Å². The summed E-state index contributed by atoms with van der Waals surface area (Å²) < 4.78 is 4.92. The first-order chi connectivity index (χ1) is 13.2. The zero-order chi connectivity index (χ0) is 20.3. The number of rotatable bonds is 4.